The van der Waals surface area contributed by atoms with E-state index in [4.69, 9.17) is 4.74 Å². The molecule has 0 radical (unpaired) electrons. The summed E-state index contributed by atoms with van der Waals surface area (Å²) in [4.78, 5) is 24.0. The van der Waals surface area contributed by atoms with Crippen molar-refractivity contribution in [1.82, 2.24) is 0 Å². The molecule has 0 saturated carbocycles. The van der Waals surface area contributed by atoms with E-state index in [0.29, 0.717) is 11.1 Å². The minimum atomic E-state index is -0.238. The van der Waals surface area contributed by atoms with Crippen LogP contribution in [0, 0.1) is 0 Å². The average molecular weight is 238 g/mol. The van der Waals surface area contributed by atoms with Crippen molar-refractivity contribution in [2.24, 2.45) is 0 Å². The number of carbonyl (C=O) groups is 2. The Labute approximate surface area is 104 Å². The van der Waals surface area contributed by atoms with E-state index in [1.807, 2.05) is 24.3 Å². The minimum absolute atomic E-state index is 0.0998. The summed E-state index contributed by atoms with van der Waals surface area (Å²) in [5.74, 6) is -0.326. The number of benzene rings is 2. The van der Waals surface area contributed by atoms with E-state index in [0.717, 1.165) is 10.8 Å². The van der Waals surface area contributed by atoms with Gasteiger partial charge in [-0.25, -0.2) is 0 Å². The van der Waals surface area contributed by atoms with Gasteiger partial charge in [0.05, 0.1) is 7.11 Å². The van der Waals surface area contributed by atoms with Gasteiger partial charge in [-0.05, 0) is 22.9 Å². The number of rotatable bonds is 1. The predicted octanol–water partition coefficient (Wildman–Crippen LogP) is 2.75. The Morgan fingerprint density at radius 2 is 1.56 bits per heavy atom. The summed E-state index contributed by atoms with van der Waals surface area (Å²) in [5, 5.41) is 1.89. The molecule has 3 heteroatoms. The summed E-state index contributed by atoms with van der Waals surface area (Å²) < 4.78 is 4.93. The number of fused-ring (bicyclic) bond motifs is 2. The van der Waals surface area contributed by atoms with Crippen molar-refractivity contribution >= 4 is 22.3 Å². The van der Waals surface area contributed by atoms with Crippen molar-refractivity contribution in [2.75, 3.05) is 7.11 Å². The van der Waals surface area contributed by atoms with Crippen LogP contribution in [0.4, 0.5) is 0 Å². The van der Waals surface area contributed by atoms with E-state index in [-0.39, 0.29) is 17.3 Å². The Morgan fingerprint density at radius 1 is 0.944 bits per heavy atom. The van der Waals surface area contributed by atoms with Crippen LogP contribution in [0.2, 0.25) is 0 Å². The molecular formula is C15H10O3. The molecule has 0 heterocycles. The molecule has 3 rings (SSSR count). The fraction of sp³-hybridized carbons (Fsp3) is 0.0667. The molecule has 0 aliphatic heterocycles. The van der Waals surface area contributed by atoms with Crippen LogP contribution in [0.1, 0.15) is 20.7 Å². The van der Waals surface area contributed by atoms with Crippen LogP contribution < -0.4 is 0 Å². The summed E-state index contributed by atoms with van der Waals surface area (Å²) in [7, 11) is 1.39. The van der Waals surface area contributed by atoms with Gasteiger partial charge in [-0.3, -0.25) is 9.59 Å². The van der Waals surface area contributed by atoms with Gasteiger partial charge in [-0.15, -0.1) is 0 Å². The van der Waals surface area contributed by atoms with Crippen LogP contribution in [0.15, 0.2) is 48.2 Å². The van der Waals surface area contributed by atoms with Crippen molar-refractivity contribution in [1.29, 1.82) is 0 Å². The summed E-state index contributed by atoms with van der Waals surface area (Å²) in [6, 6.07) is 11.1. The van der Waals surface area contributed by atoms with Gasteiger partial charge in [0, 0.05) is 17.2 Å². The number of Topliss-reactive ketones (excluding diaryl/α,β-unsaturated/α-hetero) is 1. The molecule has 1 aliphatic rings. The van der Waals surface area contributed by atoms with Crippen LogP contribution in [0.3, 0.4) is 0 Å². The van der Waals surface area contributed by atoms with Crippen LogP contribution in [0.5, 0.6) is 0 Å². The lowest BCUT2D eigenvalue weighted by molar-refractivity contribution is 0.0917. The zero-order chi connectivity index (χ0) is 12.7. The maximum Gasteiger partial charge on any atom is 0.228 e. The van der Waals surface area contributed by atoms with E-state index >= 15 is 0 Å². The first-order valence-corrected chi connectivity index (χ1v) is 5.58. The molecule has 0 bridgehead atoms. The van der Waals surface area contributed by atoms with Crippen molar-refractivity contribution < 1.29 is 14.3 Å². The van der Waals surface area contributed by atoms with Gasteiger partial charge >= 0.3 is 0 Å². The number of ether oxygens (including phenoxy) is 1. The predicted molar refractivity (Wildman–Crippen MR) is 67.7 cm³/mol. The maximum absolute atomic E-state index is 12.1. The second-order valence-corrected chi connectivity index (χ2v) is 4.15. The van der Waals surface area contributed by atoms with E-state index in [1.165, 1.54) is 13.2 Å². The van der Waals surface area contributed by atoms with Crippen molar-refractivity contribution in [2.45, 2.75) is 0 Å². The number of hydrogen-bond acceptors (Lipinski definition) is 3. The molecule has 0 saturated heterocycles. The van der Waals surface area contributed by atoms with Crippen LogP contribution in [-0.2, 0) is 4.74 Å². The van der Waals surface area contributed by atoms with Gasteiger partial charge in [0.15, 0.2) is 11.5 Å². The van der Waals surface area contributed by atoms with Crippen LogP contribution in [0.25, 0.3) is 10.8 Å². The van der Waals surface area contributed by atoms with Crippen LogP contribution in [-0.4, -0.2) is 18.7 Å². The van der Waals surface area contributed by atoms with E-state index < -0.39 is 0 Å². The first-order valence-electron chi connectivity index (χ1n) is 5.58. The molecule has 0 amide bonds. The highest BCUT2D eigenvalue weighted by molar-refractivity contribution is 6.25. The Balaban J connectivity index is 2.31. The molecule has 0 spiro atoms. The lowest BCUT2D eigenvalue weighted by atomic mass is 9.91. The first kappa shape index (κ1) is 10.7. The van der Waals surface area contributed by atoms with Gasteiger partial charge < -0.3 is 4.74 Å². The summed E-state index contributed by atoms with van der Waals surface area (Å²) in [5.41, 5.74) is 0.859. The average Bonchev–Trinajstić information content (AvgIpc) is 2.41. The lowest BCUT2D eigenvalue weighted by Crippen LogP contribution is -2.17. The third-order valence-corrected chi connectivity index (χ3v) is 3.10. The summed E-state index contributed by atoms with van der Waals surface area (Å²) in [6.07, 6.45) is 1.25. The normalized spacial score (nSPS) is 14.4. The molecule has 2 aromatic rings. The van der Waals surface area contributed by atoms with Gasteiger partial charge in [-0.1, -0.05) is 24.3 Å². The molecule has 0 atom stereocenters. The van der Waals surface area contributed by atoms with E-state index in [2.05, 4.69) is 0 Å². The number of methoxy groups -OCH3 is 1. The van der Waals surface area contributed by atoms with Crippen LogP contribution >= 0.6 is 0 Å². The first-order chi connectivity index (χ1) is 8.70. The second kappa shape index (κ2) is 3.81. The molecular weight excluding hydrogens is 228 g/mol. The Kier molecular flexibility index (Phi) is 2.27. The molecule has 18 heavy (non-hydrogen) atoms. The van der Waals surface area contributed by atoms with Crippen molar-refractivity contribution in [3.05, 3.63) is 59.4 Å². The SMILES string of the molecule is COC1=CC(=O)c2cc3ccccc3cc2C1=O. The Morgan fingerprint density at radius 3 is 2.17 bits per heavy atom. The zero-order valence-corrected chi connectivity index (χ0v) is 9.77. The molecule has 2 aromatic carbocycles. The highest BCUT2D eigenvalue weighted by Crippen LogP contribution is 2.26. The standard InChI is InChI=1S/C15H10O3/c1-18-14-8-13(16)11-6-9-4-2-3-5-10(9)7-12(11)15(14)17/h2-8H,1H3. The Hall–Kier alpha value is -2.42. The highest BCUT2D eigenvalue weighted by Gasteiger charge is 2.26. The fourth-order valence-electron chi connectivity index (χ4n) is 2.18. The summed E-state index contributed by atoms with van der Waals surface area (Å²) in [6.45, 7) is 0. The Bertz CT molecular complexity index is 711. The molecule has 0 N–H and O–H groups in total. The number of hydrogen-bond donors (Lipinski definition) is 0. The molecule has 3 nitrogen and oxygen atoms in total. The van der Waals surface area contributed by atoms with Gasteiger partial charge in [0.2, 0.25) is 5.78 Å². The smallest absolute Gasteiger partial charge is 0.228 e. The number of carbonyl (C=O) groups excluding carboxylic acids is 2. The zero-order valence-electron chi connectivity index (χ0n) is 9.77. The maximum atomic E-state index is 12.1. The molecule has 0 unspecified atom stereocenters. The van der Waals surface area contributed by atoms with Crippen molar-refractivity contribution in [3.63, 3.8) is 0 Å². The summed E-state index contributed by atoms with van der Waals surface area (Å²) >= 11 is 0. The molecule has 1 aliphatic carbocycles. The quantitative estimate of drug-likeness (QED) is 0.767. The van der Waals surface area contributed by atoms with E-state index in [9.17, 15) is 9.59 Å². The van der Waals surface area contributed by atoms with Gasteiger partial charge in [0.1, 0.15) is 0 Å². The highest BCUT2D eigenvalue weighted by atomic mass is 16.5. The monoisotopic (exact) mass is 238 g/mol. The van der Waals surface area contributed by atoms with Crippen molar-refractivity contribution in [3.8, 4) is 0 Å². The fourth-order valence-corrected chi connectivity index (χ4v) is 2.18. The number of ketones is 2. The third kappa shape index (κ3) is 1.44. The minimum Gasteiger partial charge on any atom is -0.492 e. The second-order valence-electron chi connectivity index (χ2n) is 4.15. The molecule has 0 aromatic heterocycles. The third-order valence-electron chi connectivity index (χ3n) is 3.10. The topological polar surface area (TPSA) is 43.4 Å². The van der Waals surface area contributed by atoms with Gasteiger partial charge in [0.25, 0.3) is 0 Å². The number of allylic oxidation sites excluding steroid dienone is 2. The molecule has 88 valence electrons. The molecule has 0 fully saturated rings. The lowest BCUT2D eigenvalue weighted by Gasteiger charge is -2.14. The van der Waals surface area contributed by atoms with Gasteiger partial charge in [-0.2, -0.15) is 0 Å². The van der Waals surface area contributed by atoms with E-state index in [1.54, 1.807) is 12.1 Å². The largest absolute Gasteiger partial charge is 0.492 e.